The minimum atomic E-state index is 0.0728. The minimum Gasteiger partial charge on any atom is -0.383 e. The molecular formula is C5H4ClN3OS. The summed E-state index contributed by atoms with van der Waals surface area (Å²) >= 11 is 10.2. The summed E-state index contributed by atoms with van der Waals surface area (Å²) in [5.41, 5.74) is 5.40. The second kappa shape index (κ2) is 2.98. The lowest BCUT2D eigenvalue weighted by molar-refractivity contribution is 0.111. The molecule has 1 aromatic rings. The molecule has 0 bridgehead atoms. The van der Waals surface area contributed by atoms with E-state index in [9.17, 15) is 4.79 Å². The molecular weight excluding hydrogens is 186 g/mol. The fourth-order valence-electron chi connectivity index (χ4n) is 0.545. The monoisotopic (exact) mass is 189 g/mol. The lowest BCUT2D eigenvalue weighted by Gasteiger charge is -1.97. The molecule has 1 rings (SSSR count). The number of nitrogen functional groups attached to an aromatic ring is 1. The number of aldehydes is 1. The highest BCUT2D eigenvalue weighted by molar-refractivity contribution is 7.71. The van der Waals surface area contributed by atoms with Crippen molar-refractivity contribution in [3.63, 3.8) is 0 Å². The molecule has 0 aromatic carbocycles. The van der Waals surface area contributed by atoms with E-state index in [1.54, 1.807) is 0 Å². The van der Waals surface area contributed by atoms with E-state index >= 15 is 0 Å². The number of halogens is 1. The number of rotatable bonds is 1. The molecule has 0 unspecified atom stereocenters. The van der Waals surface area contributed by atoms with E-state index in [2.05, 4.69) is 9.97 Å². The molecule has 0 saturated carbocycles. The number of nitrogens with two attached hydrogens (primary N) is 1. The molecule has 1 aromatic heterocycles. The van der Waals surface area contributed by atoms with E-state index < -0.39 is 0 Å². The summed E-state index contributed by atoms with van der Waals surface area (Å²) in [5.74, 6) is 0.134. The van der Waals surface area contributed by atoms with Gasteiger partial charge in [-0.1, -0.05) is 23.8 Å². The van der Waals surface area contributed by atoms with Gasteiger partial charge in [0.2, 0.25) is 0 Å². The molecule has 0 fully saturated rings. The molecule has 0 atom stereocenters. The summed E-state index contributed by atoms with van der Waals surface area (Å²) in [5, 5.41) is 0.0799. The Balaban J connectivity index is 3.43. The van der Waals surface area contributed by atoms with E-state index in [1.165, 1.54) is 0 Å². The number of nitrogens with zero attached hydrogens (tertiary/aromatic N) is 1. The molecule has 1 heterocycles. The molecule has 3 N–H and O–H groups in total. The lowest BCUT2D eigenvalue weighted by atomic mass is 10.4. The summed E-state index contributed by atoms with van der Waals surface area (Å²) < 4.78 is 0.231. The van der Waals surface area contributed by atoms with Gasteiger partial charge in [-0.05, 0) is 0 Å². The second-order valence-electron chi connectivity index (χ2n) is 1.77. The van der Waals surface area contributed by atoms with Crippen LogP contribution in [-0.4, -0.2) is 16.3 Å². The van der Waals surface area contributed by atoms with Crippen LogP contribution in [0.15, 0.2) is 0 Å². The van der Waals surface area contributed by atoms with Gasteiger partial charge < -0.3 is 10.7 Å². The van der Waals surface area contributed by atoms with Gasteiger partial charge in [0.1, 0.15) is 16.2 Å². The van der Waals surface area contributed by atoms with Crippen molar-refractivity contribution in [3.8, 4) is 0 Å². The van der Waals surface area contributed by atoms with Crippen LogP contribution in [0.3, 0.4) is 0 Å². The molecule has 0 amide bonds. The van der Waals surface area contributed by atoms with Crippen molar-refractivity contribution in [2.45, 2.75) is 0 Å². The molecule has 0 saturated heterocycles. The van der Waals surface area contributed by atoms with Crippen molar-refractivity contribution >= 4 is 35.9 Å². The SMILES string of the molecule is Nc1[nH]c(=S)c(Cl)nc1C=O. The van der Waals surface area contributed by atoms with Gasteiger partial charge in [-0.25, -0.2) is 4.98 Å². The predicted molar refractivity (Wildman–Crippen MR) is 44.2 cm³/mol. The number of H-pyrrole nitrogens is 1. The maximum absolute atomic E-state index is 10.2. The number of nitrogens with one attached hydrogen (secondary N) is 1. The smallest absolute Gasteiger partial charge is 0.172 e. The van der Waals surface area contributed by atoms with Crippen LogP contribution in [0.1, 0.15) is 10.5 Å². The first-order chi connectivity index (χ1) is 5.15. The highest BCUT2D eigenvalue weighted by Crippen LogP contribution is 2.09. The Morgan fingerprint density at radius 3 is 2.91 bits per heavy atom. The van der Waals surface area contributed by atoms with Crippen LogP contribution in [-0.2, 0) is 0 Å². The van der Waals surface area contributed by atoms with Crippen LogP contribution in [0, 0.1) is 4.64 Å². The first kappa shape index (κ1) is 8.16. The van der Waals surface area contributed by atoms with Crippen LogP contribution in [0.2, 0.25) is 5.15 Å². The average Bonchev–Trinajstić information content (AvgIpc) is 1.97. The van der Waals surface area contributed by atoms with Crippen molar-refractivity contribution < 1.29 is 4.79 Å². The van der Waals surface area contributed by atoms with E-state index in [0.717, 1.165) is 0 Å². The van der Waals surface area contributed by atoms with E-state index in [-0.39, 0.29) is 21.3 Å². The Hall–Kier alpha value is -0.940. The number of aromatic nitrogens is 2. The number of carbonyl (C=O) groups is 1. The highest BCUT2D eigenvalue weighted by Gasteiger charge is 2.01. The van der Waals surface area contributed by atoms with Crippen molar-refractivity contribution in [1.82, 2.24) is 9.97 Å². The van der Waals surface area contributed by atoms with Gasteiger partial charge in [0, 0.05) is 0 Å². The Bertz CT molecular complexity index is 348. The van der Waals surface area contributed by atoms with Crippen LogP contribution in [0.4, 0.5) is 5.82 Å². The highest BCUT2D eigenvalue weighted by atomic mass is 35.5. The van der Waals surface area contributed by atoms with Crippen molar-refractivity contribution in [2.75, 3.05) is 5.73 Å². The quantitative estimate of drug-likeness (QED) is 0.514. The van der Waals surface area contributed by atoms with Crippen LogP contribution in [0.25, 0.3) is 0 Å². The maximum Gasteiger partial charge on any atom is 0.172 e. The molecule has 0 aliphatic rings. The van der Waals surface area contributed by atoms with Gasteiger partial charge in [-0.3, -0.25) is 4.79 Å². The molecule has 11 heavy (non-hydrogen) atoms. The van der Waals surface area contributed by atoms with Crippen LogP contribution >= 0.6 is 23.8 Å². The zero-order valence-corrected chi connectivity index (χ0v) is 6.87. The molecule has 0 spiro atoms. The largest absolute Gasteiger partial charge is 0.383 e. The predicted octanol–water partition coefficient (Wildman–Crippen LogP) is 1.19. The third kappa shape index (κ3) is 1.55. The Kier molecular flexibility index (Phi) is 2.21. The van der Waals surface area contributed by atoms with Gasteiger partial charge in [-0.2, -0.15) is 0 Å². The zero-order chi connectivity index (χ0) is 8.43. The number of anilines is 1. The maximum atomic E-state index is 10.2. The molecule has 0 radical (unpaired) electrons. The first-order valence-corrected chi connectivity index (χ1v) is 3.44. The topological polar surface area (TPSA) is 71.8 Å². The Morgan fingerprint density at radius 2 is 2.36 bits per heavy atom. The molecule has 58 valence electrons. The zero-order valence-electron chi connectivity index (χ0n) is 5.30. The summed E-state index contributed by atoms with van der Waals surface area (Å²) in [6.07, 6.45) is 0.506. The number of hydrogen-bond acceptors (Lipinski definition) is 4. The number of hydrogen-bond donors (Lipinski definition) is 2. The van der Waals surface area contributed by atoms with Gasteiger partial charge in [0.05, 0.1) is 0 Å². The number of carbonyl (C=O) groups excluding carboxylic acids is 1. The summed E-state index contributed by atoms with van der Waals surface area (Å²) in [4.78, 5) is 16.4. The van der Waals surface area contributed by atoms with Gasteiger partial charge in [-0.15, -0.1) is 0 Å². The average molecular weight is 190 g/mol. The van der Waals surface area contributed by atoms with E-state index in [0.29, 0.717) is 6.29 Å². The summed E-state index contributed by atoms with van der Waals surface area (Å²) in [6, 6.07) is 0. The minimum absolute atomic E-state index is 0.0728. The van der Waals surface area contributed by atoms with Crippen molar-refractivity contribution in [2.24, 2.45) is 0 Å². The molecule has 0 aliphatic heterocycles. The van der Waals surface area contributed by atoms with Crippen molar-refractivity contribution in [1.29, 1.82) is 0 Å². The van der Waals surface area contributed by atoms with Gasteiger partial charge in [0.15, 0.2) is 11.4 Å². The molecule has 0 aliphatic carbocycles. The first-order valence-electron chi connectivity index (χ1n) is 2.65. The summed E-state index contributed by atoms with van der Waals surface area (Å²) in [7, 11) is 0. The molecule has 6 heteroatoms. The van der Waals surface area contributed by atoms with Crippen LogP contribution < -0.4 is 5.73 Å². The number of aromatic amines is 1. The lowest BCUT2D eigenvalue weighted by Crippen LogP contribution is -2.00. The van der Waals surface area contributed by atoms with Gasteiger partial charge in [0.25, 0.3) is 0 Å². The fraction of sp³-hybridized carbons (Fsp3) is 0. The summed E-state index contributed by atoms with van der Waals surface area (Å²) in [6.45, 7) is 0. The standard InChI is InChI=1S/C5H4ClN3OS/c6-3-5(11)9-4(7)2(1-10)8-3/h1H,(H3,7,9,11). The van der Waals surface area contributed by atoms with E-state index in [1.807, 2.05) is 0 Å². The Morgan fingerprint density at radius 1 is 1.73 bits per heavy atom. The third-order valence-electron chi connectivity index (χ3n) is 1.04. The van der Waals surface area contributed by atoms with Crippen LogP contribution in [0.5, 0.6) is 0 Å². The Labute approximate surface area is 72.4 Å². The second-order valence-corrected chi connectivity index (χ2v) is 2.54. The van der Waals surface area contributed by atoms with Crippen molar-refractivity contribution in [3.05, 3.63) is 15.5 Å². The third-order valence-corrected chi connectivity index (χ3v) is 1.72. The van der Waals surface area contributed by atoms with E-state index in [4.69, 9.17) is 29.6 Å². The molecule has 4 nitrogen and oxygen atoms in total. The normalized spacial score (nSPS) is 9.55. The fourth-order valence-corrected chi connectivity index (χ4v) is 0.838. The van der Waals surface area contributed by atoms with Gasteiger partial charge >= 0.3 is 0 Å².